The Labute approximate surface area is 215 Å². The molecule has 4 rings (SSSR count). The summed E-state index contributed by atoms with van der Waals surface area (Å²) in [5.41, 5.74) is 3.55. The van der Waals surface area contributed by atoms with Crippen molar-refractivity contribution in [2.75, 3.05) is 26.7 Å². The number of piperidine rings is 1. The van der Waals surface area contributed by atoms with E-state index in [4.69, 9.17) is 4.74 Å². The number of para-hydroxylation sites is 1. The maximum atomic E-state index is 10.8. The third-order valence-corrected chi connectivity index (χ3v) is 7.43. The van der Waals surface area contributed by atoms with Crippen LogP contribution in [0.3, 0.4) is 0 Å². The molecule has 1 fully saturated rings. The Balaban J connectivity index is 0.00000324. The molecular formula is C30H38BrNO2. The maximum absolute atomic E-state index is 10.8. The molecule has 3 aromatic carbocycles. The molecule has 1 aliphatic heterocycles. The topological polar surface area (TPSA) is 29.5 Å². The van der Waals surface area contributed by atoms with Gasteiger partial charge < -0.3 is 31.3 Å². The molecule has 4 heteroatoms. The van der Waals surface area contributed by atoms with Gasteiger partial charge in [-0.1, -0.05) is 66.2 Å². The van der Waals surface area contributed by atoms with Crippen molar-refractivity contribution in [2.24, 2.45) is 0 Å². The van der Waals surface area contributed by atoms with Gasteiger partial charge in [0, 0.05) is 24.3 Å². The van der Waals surface area contributed by atoms with Crippen LogP contribution in [-0.2, 0) is 0 Å². The normalized spacial score (nSPS) is 20.8. The molecule has 182 valence electrons. The average molecular weight is 525 g/mol. The minimum absolute atomic E-state index is 0. The van der Waals surface area contributed by atoms with E-state index in [2.05, 4.69) is 50.4 Å². The van der Waals surface area contributed by atoms with Crippen LogP contribution in [0.1, 0.15) is 54.7 Å². The smallest absolute Gasteiger partial charge is 0.119 e. The Bertz CT molecular complexity index is 1010. The molecule has 3 nitrogen and oxygen atoms in total. The summed E-state index contributed by atoms with van der Waals surface area (Å²) in [6.45, 7) is 5.21. The van der Waals surface area contributed by atoms with Crippen LogP contribution in [0.2, 0.25) is 0 Å². The van der Waals surface area contributed by atoms with Crippen LogP contribution in [0.25, 0.3) is 0 Å². The number of hydrogen-bond acceptors (Lipinski definition) is 2. The van der Waals surface area contributed by atoms with Gasteiger partial charge in [-0.15, -0.1) is 0 Å². The number of benzene rings is 3. The number of likely N-dealkylation sites (tertiary alicyclic amines) is 1. The van der Waals surface area contributed by atoms with Crippen LogP contribution >= 0.6 is 0 Å². The molecule has 3 unspecified atom stereocenters. The molecule has 0 aliphatic carbocycles. The molecule has 34 heavy (non-hydrogen) atoms. The van der Waals surface area contributed by atoms with Crippen LogP contribution < -0.4 is 21.7 Å². The molecule has 0 bridgehead atoms. The molecule has 1 N–H and O–H groups in total. The molecule has 1 saturated heterocycles. The van der Waals surface area contributed by atoms with Gasteiger partial charge in [-0.25, -0.2) is 0 Å². The van der Waals surface area contributed by atoms with Crippen LogP contribution in [0, 0.1) is 6.92 Å². The van der Waals surface area contributed by atoms with Gasteiger partial charge in [-0.3, -0.25) is 0 Å². The minimum atomic E-state index is 0. The highest BCUT2D eigenvalue weighted by molar-refractivity contribution is 5.43. The summed E-state index contributed by atoms with van der Waals surface area (Å²) in [6, 6.07) is 27.5. The first-order valence-corrected chi connectivity index (χ1v) is 12.4. The standard InChI is InChI=1S/C30H37NO2.BrH/c1-24-17-18-30(32)29(22-24)28(25-12-5-3-6-13-25)23-26-14-9-10-19-31(26,2)20-11-21-33-27-15-7-4-8-16-27;/h3-8,12-13,15-18,22,26,28H,9-11,14,19-21,23H2,1-2H3;1H. The monoisotopic (exact) mass is 523 g/mol. The summed E-state index contributed by atoms with van der Waals surface area (Å²) < 4.78 is 7.07. The largest absolute Gasteiger partial charge is 1.00 e. The highest BCUT2D eigenvalue weighted by Gasteiger charge is 2.37. The fourth-order valence-electron chi connectivity index (χ4n) is 5.50. The van der Waals surface area contributed by atoms with Crippen molar-refractivity contribution in [2.45, 2.75) is 51.0 Å². The van der Waals surface area contributed by atoms with Gasteiger partial charge in [-0.05, 0) is 49.9 Å². The summed E-state index contributed by atoms with van der Waals surface area (Å²) in [5.74, 6) is 1.57. The Morgan fingerprint density at radius 3 is 2.41 bits per heavy atom. The molecule has 3 aromatic rings. The first-order valence-electron chi connectivity index (χ1n) is 12.4. The first kappa shape index (κ1) is 26.3. The summed E-state index contributed by atoms with van der Waals surface area (Å²) in [6.07, 6.45) is 5.93. The lowest BCUT2D eigenvalue weighted by Gasteiger charge is -2.46. The van der Waals surface area contributed by atoms with Crippen molar-refractivity contribution in [3.63, 3.8) is 0 Å². The van der Waals surface area contributed by atoms with Gasteiger partial charge in [0.2, 0.25) is 0 Å². The molecular weight excluding hydrogens is 486 g/mol. The first-order chi connectivity index (χ1) is 16.0. The zero-order valence-electron chi connectivity index (χ0n) is 20.5. The van der Waals surface area contributed by atoms with E-state index in [9.17, 15) is 5.11 Å². The molecule has 0 amide bonds. The number of rotatable bonds is 9. The number of phenolic OH excluding ortho intramolecular Hbond substituents is 1. The lowest BCUT2D eigenvalue weighted by molar-refractivity contribution is -0.938. The number of aryl methyl sites for hydroxylation is 1. The summed E-state index contributed by atoms with van der Waals surface area (Å²) >= 11 is 0. The Hall–Kier alpha value is -2.30. The van der Waals surface area contributed by atoms with Crippen LogP contribution in [0.15, 0.2) is 78.9 Å². The number of hydrogen-bond donors (Lipinski definition) is 1. The summed E-state index contributed by atoms with van der Waals surface area (Å²) in [4.78, 5) is 0. The zero-order valence-corrected chi connectivity index (χ0v) is 22.1. The molecule has 0 aromatic heterocycles. The van der Waals surface area contributed by atoms with Crippen molar-refractivity contribution in [1.29, 1.82) is 0 Å². The Morgan fingerprint density at radius 1 is 0.971 bits per heavy atom. The lowest BCUT2D eigenvalue weighted by atomic mass is 9.81. The molecule has 1 aliphatic rings. The van der Waals surface area contributed by atoms with E-state index < -0.39 is 0 Å². The zero-order chi connectivity index (χ0) is 23.1. The number of halogens is 1. The highest BCUT2D eigenvalue weighted by Crippen LogP contribution is 2.39. The molecule has 1 heterocycles. The number of aromatic hydroxyl groups is 1. The predicted octanol–water partition coefficient (Wildman–Crippen LogP) is 3.69. The second-order valence-electron chi connectivity index (χ2n) is 9.85. The third-order valence-electron chi connectivity index (χ3n) is 7.43. The van der Waals surface area contributed by atoms with E-state index in [0.717, 1.165) is 41.8 Å². The van der Waals surface area contributed by atoms with E-state index >= 15 is 0 Å². The van der Waals surface area contributed by atoms with E-state index in [0.29, 0.717) is 11.8 Å². The second-order valence-corrected chi connectivity index (χ2v) is 9.85. The highest BCUT2D eigenvalue weighted by atomic mass is 79.9. The number of quaternary nitrogens is 1. The van der Waals surface area contributed by atoms with Crippen LogP contribution in [-0.4, -0.2) is 42.4 Å². The van der Waals surface area contributed by atoms with Gasteiger partial charge in [0.15, 0.2) is 0 Å². The van der Waals surface area contributed by atoms with Crippen LogP contribution in [0.5, 0.6) is 11.5 Å². The fraction of sp³-hybridized carbons (Fsp3) is 0.400. The fourth-order valence-corrected chi connectivity index (χ4v) is 5.50. The van der Waals surface area contributed by atoms with E-state index in [1.807, 2.05) is 42.5 Å². The van der Waals surface area contributed by atoms with Gasteiger partial charge in [0.1, 0.15) is 11.5 Å². The van der Waals surface area contributed by atoms with Gasteiger partial charge >= 0.3 is 0 Å². The molecule has 0 spiro atoms. The number of ether oxygens (including phenoxy) is 1. The molecule has 0 radical (unpaired) electrons. The van der Waals surface area contributed by atoms with Crippen molar-refractivity contribution in [3.05, 3.63) is 95.6 Å². The average Bonchev–Trinajstić information content (AvgIpc) is 2.84. The third kappa shape index (κ3) is 6.64. The number of nitrogens with zero attached hydrogens (tertiary/aromatic N) is 1. The van der Waals surface area contributed by atoms with Gasteiger partial charge in [0.25, 0.3) is 0 Å². The molecule has 0 saturated carbocycles. The molecule has 3 atom stereocenters. The van der Waals surface area contributed by atoms with E-state index in [-0.39, 0.29) is 22.9 Å². The van der Waals surface area contributed by atoms with Crippen molar-refractivity contribution in [1.82, 2.24) is 0 Å². The van der Waals surface area contributed by atoms with Gasteiger partial charge in [0.05, 0.1) is 32.8 Å². The second kappa shape index (κ2) is 12.4. The van der Waals surface area contributed by atoms with Crippen molar-refractivity contribution in [3.8, 4) is 11.5 Å². The van der Waals surface area contributed by atoms with E-state index in [1.54, 1.807) is 0 Å². The predicted molar refractivity (Wildman–Crippen MR) is 136 cm³/mol. The number of phenols is 1. The van der Waals surface area contributed by atoms with Crippen molar-refractivity contribution < 1.29 is 31.3 Å². The van der Waals surface area contributed by atoms with Crippen molar-refractivity contribution >= 4 is 0 Å². The van der Waals surface area contributed by atoms with Gasteiger partial charge in [-0.2, -0.15) is 0 Å². The summed E-state index contributed by atoms with van der Waals surface area (Å²) in [5, 5.41) is 10.8. The SMILES string of the molecule is Cc1ccc(O)c(C(CC2CCCC[N+]2(C)CCCOc2ccccc2)c2ccccc2)c1.[Br-]. The minimum Gasteiger partial charge on any atom is -1.00 e. The quantitative estimate of drug-likeness (QED) is 0.342. The Morgan fingerprint density at radius 2 is 1.68 bits per heavy atom. The summed E-state index contributed by atoms with van der Waals surface area (Å²) in [7, 11) is 2.44. The lowest BCUT2D eigenvalue weighted by Crippen LogP contribution is -3.00. The Kier molecular flexibility index (Phi) is 9.61. The van der Waals surface area contributed by atoms with E-state index in [1.165, 1.54) is 36.9 Å². The maximum Gasteiger partial charge on any atom is 0.119 e. The van der Waals surface area contributed by atoms with Crippen LogP contribution in [0.4, 0.5) is 0 Å².